The normalized spacial score (nSPS) is 12.5. The van der Waals surface area contributed by atoms with E-state index in [4.69, 9.17) is 5.73 Å². The highest BCUT2D eigenvalue weighted by atomic mass is 79.9. The molecule has 0 heterocycles. The summed E-state index contributed by atoms with van der Waals surface area (Å²) in [7, 11) is 0. The molecule has 0 bridgehead atoms. The van der Waals surface area contributed by atoms with Gasteiger partial charge < -0.3 is 5.73 Å². The van der Waals surface area contributed by atoms with Crippen LogP contribution in [0.1, 0.15) is 22.7 Å². The molecule has 0 saturated heterocycles. The summed E-state index contributed by atoms with van der Waals surface area (Å²) in [6, 6.07) is 8.86. The maximum atomic E-state index is 13.8. The van der Waals surface area contributed by atoms with E-state index in [0.29, 0.717) is 0 Å². The van der Waals surface area contributed by atoms with Gasteiger partial charge in [-0.1, -0.05) is 28.1 Å². The van der Waals surface area contributed by atoms with Crippen molar-refractivity contribution in [2.75, 3.05) is 0 Å². The Labute approximate surface area is 113 Å². The zero-order valence-corrected chi connectivity index (χ0v) is 11.3. The van der Waals surface area contributed by atoms with E-state index in [-0.39, 0.29) is 11.1 Å². The predicted molar refractivity (Wildman–Crippen MR) is 71.3 cm³/mol. The second kappa shape index (κ2) is 5.16. The summed E-state index contributed by atoms with van der Waals surface area (Å²) >= 11 is 3.31. The molecule has 0 aliphatic heterocycles. The van der Waals surface area contributed by atoms with Gasteiger partial charge in [-0.25, -0.2) is 8.78 Å². The van der Waals surface area contributed by atoms with Gasteiger partial charge >= 0.3 is 0 Å². The number of nitrogens with two attached hydrogens (primary N) is 1. The van der Waals surface area contributed by atoms with E-state index in [9.17, 15) is 8.78 Å². The summed E-state index contributed by atoms with van der Waals surface area (Å²) in [4.78, 5) is 0. The summed E-state index contributed by atoms with van der Waals surface area (Å²) < 4.78 is 28.2. The van der Waals surface area contributed by atoms with Crippen LogP contribution in [-0.2, 0) is 0 Å². The monoisotopic (exact) mass is 311 g/mol. The molecule has 0 radical (unpaired) electrons. The summed E-state index contributed by atoms with van der Waals surface area (Å²) in [6.07, 6.45) is 0. The lowest BCUT2D eigenvalue weighted by atomic mass is 9.98. The van der Waals surface area contributed by atoms with Gasteiger partial charge in [-0.2, -0.15) is 0 Å². The number of rotatable bonds is 2. The van der Waals surface area contributed by atoms with Gasteiger partial charge in [0.2, 0.25) is 0 Å². The van der Waals surface area contributed by atoms with Gasteiger partial charge in [0, 0.05) is 10.0 Å². The van der Waals surface area contributed by atoms with Gasteiger partial charge in [-0.15, -0.1) is 0 Å². The van der Waals surface area contributed by atoms with Crippen molar-refractivity contribution >= 4 is 15.9 Å². The van der Waals surface area contributed by atoms with Crippen molar-refractivity contribution in [3.8, 4) is 0 Å². The van der Waals surface area contributed by atoms with Crippen LogP contribution in [0.3, 0.4) is 0 Å². The number of halogens is 3. The van der Waals surface area contributed by atoms with Gasteiger partial charge in [-0.3, -0.25) is 0 Å². The molecule has 2 N–H and O–H groups in total. The van der Waals surface area contributed by atoms with Gasteiger partial charge in [0.25, 0.3) is 0 Å². The molecule has 0 aromatic heterocycles. The van der Waals surface area contributed by atoms with Crippen molar-refractivity contribution in [3.05, 3.63) is 69.2 Å². The van der Waals surface area contributed by atoms with Crippen molar-refractivity contribution in [1.82, 2.24) is 0 Å². The number of aryl methyl sites for hydroxylation is 1. The molecule has 0 aliphatic carbocycles. The highest BCUT2D eigenvalue weighted by molar-refractivity contribution is 9.10. The van der Waals surface area contributed by atoms with E-state index in [1.54, 1.807) is 12.1 Å². The first kappa shape index (κ1) is 13.2. The van der Waals surface area contributed by atoms with Crippen LogP contribution < -0.4 is 5.73 Å². The zero-order chi connectivity index (χ0) is 13.3. The van der Waals surface area contributed by atoms with E-state index in [1.807, 2.05) is 12.1 Å². The minimum absolute atomic E-state index is 0.167. The first-order chi connectivity index (χ1) is 8.49. The molecular formula is C14H12BrF2N. The fourth-order valence-corrected chi connectivity index (χ4v) is 2.01. The Hall–Kier alpha value is -1.26. The summed E-state index contributed by atoms with van der Waals surface area (Å²) in [6.45, 7) is 1.52. The topological polar surface area (TPSA) is 26.0 Å². The van der Waals surface area contributed by atoms with Crippen LogP contribution >= 0.6 is 15.9 Å². The molecule has 1 atom stereocenters. The second-order valence-corrected chi connectivity index (χ2v) is 5.07. The van der Waals surface area contributed by atoms with Crippen LogP contribution in [-0.4, -0.2) is 0 Å². The van der Waals surface area contributed by atoms with E-state index in [2.05, 4.69) is 15.9 Å². The minimum atomic E-state index is -0.673. The smallest absolute Gasteiger partial charge is 0.128 e. The third-order valence-electron chi connectivity index (χ3n) is 2.84. The van der Waals surface area contributed by atoms with Gasteiger partial charge in [0.15, 0.2) is 0 Å². The Balaban J connectivity index is 2.42. The summed E-state index contributed by atoms with van der Waals surface area (Å²) in [5.74, 6) is -0.928. The number of benzene rings is 2. The predicted octanol–water partition coefficient (Wildman–Crippen LogP) is 4.08. The lowest BCUT2D eigenvalue weighted by molar-refractivity contribution is 0.570. The van der Waals surface area contributed by atoms with E-state index >= 15 is 0 Å². The number of hydrogen-bond donors (Lipinski definition) is 1. The molecule has 2 aromatic rings. The van der Waals surface area contributed by atoms with E-state index in [0.717, 1.165) is 16.1 Å². The number of hydrogen-bond acceptors (Lipinski definition) is 1. The lowest BCUT2D eigenvalue weighted by Gasteiger charge is -2.14. The van der Waals surface area contributed by atoms with Crippen LogP contribution in [0.2, 0.25) is 0 Å². The Morgan fingerprint density at radius 1 is 1.06 bits per heavy atom. The highest BCUT2D eigenvalue weighted by Crippen LogP contribution is 2.25. The van der Waals surface area contributed by atoms with E-state index in [1.165, 1.54) is 13.0 Å². The lowest BCUT2D eigenvalue weighted by Crippen LogP contribution is -2.14. The molecular weight excluding hydrogens is 300 g/mol. The zero-order valence-electron chi connectivity index (χ0n) is 9.75. The van der Waals surface area contributed by atoms with Crippen molar-refractivity contribution < 1.29 is 8.78 Å². The standard InChI is InChI=1S/C14H12BrF2N/c1-8-6-13(17)11(7-12(8)16)14(18)9-2-4-10(15)5-3-9/h2-7,14H,18H2,1H3. The molecule has 0 amide bonds. The van der Waals surface area contributed by atoms with E-state index < -0.39 is 17.7 Å². The van der Waals surface area contributed by atoms with Crippen molar-refractivity contribution in [2.24, 2.45) is 5.73 Å². The second-order valence-electron chi connectivity index (χ2n) is 4.15. The first-order valence-corrected chi connectivity index (χ1v) is 6.25. The maximum absolute atomic E-state index is 13.8. The average molecular weight is 312 g/mol. The molecule has 0 aliphatic rings. The Kier molecular flexibility index (Phi) is 3.78. The van der Waals surface area contributed by atoms with Crippen molar-refractivity contribution in [3.63, 3.8) is 0 Å². The van der Waals surface area contributed by atoms with Crippen molar-refractivity contribution in [2.45, 2.75) is 13.0 Å². The molecule has 1 unspecified atom stereocenters. The van der Waals surface area contributed by atoms with Crippen LogP contribution in [0.25, 0.3) is 0 Å². The SMILES string of the molecule is Cc1cc(F)c(C(N)c2ccc(Br)cc2)cc1F. The van der Waals surface area contributed by atoms with Crippen LogP contribution in [0.4, 0.5) is 8.78 Å². The van der Waals surface area contributed by atoms with Gasteiger partial charge in [0.05, 0.1) is 6.04 Å². The third kappa shape index (κ3) is 2.60. The maximum Gasteiger partial charge on any atom is 0.128 e. The van der Waals surface area contributed by atoms with Gasteiger partial charge in [0.1, 0.15) is 11.6 Å². The quantitative estimate of drug-likeness (QED) is 0.888. The Morgan fingerprint density at radius 2 is 1.67 bits per heavy atom. The fourth-order valence-electron chi connectivity index (χ4n) is 1.75. The third-order valence-corrected chi connectivity index (χ3v) is 3.37. The molecule has 2 rings (SSSR count). The van der Waals surface area contributed by atoms with Crippen LogP contribution in [0, 0.1) is 18.6 Å². The molecule has 1 nitrogen and oxygen atoms in total. The molecule has 0 spiro atoms. The molecule has 2 aromatic carbocycles. The summed E-state index contributed by atoms with van der Waals surface area (Å²) in [5.41, 5.74) is 7.14. The average Bonchev–Trinajstić information content (AvgIpc) is 2.34. The van der Waals surface area contributed by atoms with Crippen LogP contribution in [0.5, 0.6) is 0 Å². The first-order valence-electron chi connectivity index (χ1n) is 5.45. The summed E-state index contributed by atoms with van der Waals surface area (Å²) in [5, 5.41) is 0. The van der Waals surface area contributed by atoms with Crippen molar-refractivity contribution in [1.29, 1.82) is 0 Å². The Morgan fingerprint density at radius 3 is 2.28 bits per heavy atom. The largest absolute Gasteiger partial charge is 0.320 e. The molecule has 0 fully saturated rings. The highest BCUT2D eigenvalue weighted by Gasteiger charge is 2.15. The molecule has 0 saturated carbocycles. The minimum Gasteiger partial charge on any atom is -0.320 e. The molecule has 4 heteroatoms. The Bertz CT molecular complexity index is 567. The van der Waals surface area contributed by atoms with Crippen LogP contribution in [0.15, 0.2) is 40.9 Å². The molecule has 18 heavy (non-hydrogen) atoms. The molecule has 94 valence electrons. The fraction of sp³-hybridized carbons (Fsp3) is 0.143. The van der Waals surface area contributed by atoms with Gasteiger partial charge in [-0.05, 0) is 42.3 Å².